The molecule has 132 valence electrons. The van der Waals surface area contributed by atoms with E-state index in [2.05, 4.69) is 89.9 Å². The molecule has 4 rings (SSSR count). The number of rotatable bonds is 4. The second-order valence-corrected chi connectivity index (χ2v) is 6.67. The zero-order chi connectivity index (χ0) is 17.8. The number of ether oxygens (including phenoxy) is 1. The number of para-hydroxylation sites is 2. The summed E-state index contributed by atoms with van der Waals surface area (Å²) in [6, 6.07) is 29.5. The van der Waals surface area contributed by atoms with Crippen LogP contribution >= 0.6 is 0 Å². The maximum absolute atomic E-state index is 6.02. The van der Waals surface area contributed by atoms with Crippen LogP contribution in [0.3, 0.4) is 0 Å². The molecule has 0 aliphatic carbocycles. The molecule has 1 aliphatic heterocycles. The van der Waals surface area contributed by atoms with Gasteiger partial charge in [0.2, 0.25) is 0 Å². The Balaban J connectivity index is 1.66. The number of benzene rings is 3. The van der Waals surface area contributed by atoms with Crippen molar-refractivity contribution in [3.05, 3.63) is 90.5 Å². The molecule has 3 aromatic carbocycles. The highest BCUT2D eigenvalue weighted by atomic mass is 16.5. The van der Waals surface area contributed by atoms with Gasteiger partial charge in [-0.05, 0) is 55.3 Å². The average molecular weight is 344 g/mol. The highest BCUT2D eigenvalue weighted by molar-refractivity contribution is 5.76. The Labute approximate surface area is 155 Å². The smallest absolute Gasteiger partial charge is 0.134 e. The molecule has 3 heteroatoms. The lowest BCUT2D eigenvalue weighted by atomic mass is 10.1. The lowest BCUT2D eigenvalue weighted by molar-refractivity contribution is -0.0538. The normalized spacial score (nSPS) is 19.9. The zero-order valence-electron chi connectivity index (χ0n) is 15.0. The largest absolute Gasteiger partial charge is 0.356 e. The molecule has 2 unspecified atom stereocenters. The van der Waals surface area contributed by atoms with Crippen molar-refractivity contribution in [3.8, 4) is 0 Å². The molecular formula is C23H24N2O. The van der Waals surface area contributed by atoms with Gasteiger partial charge in [-0.3, -0.25) is 5.32 Å². The van der Waals surface area contributed by atoms with E-state index in [4.69, 9.17) is 4.74 Å². The number of hydrogen-bond donors (Lipinski definition) is 1. The minimum absolute atomic E-state index is 0.0188. The number of anilines is 3. The van der Waals surface area contributed by atoms with Crippen molar-refractivity contribution < 1.29 is 4.74 Å². The third kappa shape index (κ3) is 3.64. The van der Waals surface area contributed by atoms with Crippen LogP contribution in [0.4, 0.5) is 17.1 Å². The highest BCUT2D eigenvalue weighted by Crippen LogP contribution is 2.34. The van der Waals surface area contributed by atoms with Gasteiger partial charge in [-0.25, -0.2) is 0 Å². The van der Waals surface area contributed by atoms with Gasteiger partial charge in [0.05, 0.1) is 6.10 Å². The summed E-state index contributed by atoms with van der Waals surface area (Å²) < 4.78 is 6.02. The molecule has 0 radical (unpaired) electrons. The van der Waals surface area contributed by atoms with Crippen LogP contribution in [-0.4, -0.2) is 12.6 Å². The van der Waals surface area contributed by atoms with Crippen molar-refractivity contribution in [2.75, 3.05) is 11.4 Å². The van der Waals surface area contributed by atoms with Gasteiger partial charge in [0.1, 0.15) is 6.23 Å². The summed E-state index contributed by atoms with van der Waals surface area (Å²) in [4.78, 5) is 2.27. The maximum Gasteiger partial charge on any atom is 0.134 e. The van der Waals surface area contributed by atoms with Crippen LogP contribution in [0.25, 0.3) is 0 Å². The molecule has 1 aliphatic rings. The summed E-state index contributed by atoms with van der Waals surface area (Å²) in [5.41, 5.74) is 4.59. The second kappa shape index (κ2) is 7.73. The maximum atomic E-state index is 6.02. The first-order valence-corrected chi connectivity index (χ1v) is 9.20. The SMILES string of the molecule is CC1CCNC(c2ccc(N(c3ccccc3)c3ccccc3)cc2)O1. The summed E-state index contributed by atoms with van der Waals surface area (Å²) in [5.74, 6) is 0. The van der Waals surface area contributed by atoms with E-state index in [0.29, 0.717) is 6.10 Å². The fourth-order valence-corrected chi connectivity index (χ4v) is 3.36. The molecule has 0 saturated carbocycles. The molecule has 1 fully saturated rings. The Hall–Kier alpha value is -2.62. The Morgan fingerprint density at radius 1 is 0.769 bits per heavy atom. The Bertz CT molecular complexity index is 778. The molecule has 2 atom stereocenters. The standard InChI is InChI=1S/C23H24N2O/c1-18-16-17-24-23(26-18)19-12-14-22(15-13-19)25(20-8-4-2-5-9-20)21-10-6-3-7-11-21/h2-15,18,23-24H,16-17H2,1H3. The van der Waals surface area contributed by atoms with Gasteiger partial charge in [-0.1, -0.05) is 48.5 Å². The summed E-state index contributed by atoms with van der Waals surface area (Å²) in [6.07, 6.45) is 1.34. The van der Waals surface area contributed by atoms with Gasteiger partial charge in [0, 0.05) is 23.6 Å². The molecule has 3 aromatic rings. The Morgan fingerprint density at radius 3 is 1.85 bits per heavy atom. The van der Waals surface area contributed by atoms with Gasteiger partial charge < -0.3 is 9.64 Å². The van der Waals surface area contributed by atoms with Crippen LogP contribution in [0.15, 0.2) is 84.9 Å². The first kappa shape index (κ1) is 16.8. The van der Waals surface area contributed by atoms with E-state index in [1.165, 1.54) is 5.56 Å². The van der Waals surface area contributed by atoms with Gasteiger partial charge in [-0.15, -0.1) is 0 Å². The van der Waals surface area contributed by atoms with Crippen LogP contribution in [-0.2, 0) is 4.74 Å². The summed E-state index contributed by atoms with van der Waals surface area (Å²) >= 11 is 0. The molecule has 0 amide bonds. The van der Waals surface area contributed by atoms with Gasteiger partial charge in [0.25, 0.3) is 0 Å². The van der Waals surface area contributed by atoms with Crippen LogP contribution in [0.1, 0.15) is 25.1 Å². The second-order valence-electron chi connectivity index (χ2n) is 6.67. The van der Waals surface area contributed by atoms with E-state index < -0.39 is 0 Å². The first-order valence-electron chi connectivity index (χ1n) is 9.20. The molecule has 0 bridgehead atoms. The van der Waals surface area contributed by atoms with Crippen molar-refractivity contribution in [1.29, 1.82) is 0 Å². The van der Waals surface area contributed by atoms with E-state index in [0.717, 1.165) is 30.0 Å². The van der Waals surface area contributed by atoms with E-state index in [1.54, 1.807) is 0 Å². The van der Waals surface area contributed by atoms with Crippen molar-refractivity contribution in [2.24, 2.45) is 0 Å². The summed E-state index contributed by atoms with van der Waals surface area (Å²) in [6.45, 7) is 3.13. The van der Waals surface area contributed by atoms with Crippen molar-refractivity contribution in [1.82, 2.24) is 5.32 Å². The van der Waals surface area contributed by atoms with Crippen LogP contribution in [0.5, 0.6) is 0 Å². The van der Waals surface area contributed by atoms with E-state index in [9.17, 15) is 0 Å². The number of hydrogen-bond acceptors (Lipinski definition) is 3. The highest BCUT2D eigenvalue weighted by Gasteiger charge is 2.20. The zero-order valence-corrected chi connectivity index (χ0v) is 15.0. The van der Waals surface area contributed by atoms with Crippen LogP contribution in [0, 0.1) is 0 Å². The fraction of sp³-hybridized carbons (Fsp3) is 0.217. The number of nitrogens with zero attached hydrogens (tertiary/aromatic N) is 1. The predicted octanol–water partition coefficient (Wildman–Crippen LogP) is 5.55. The van der Waals surface area contributed by atoms with Crippen molar-refractivity contribution in [2.45, 2.75) is 25.7 Å². The van der Waals surface area contributed by atoms with Crippen molar-refractivity contribution >= 4 is 17.1 Å². The van der Waals surface area contributed by atoms with E-state index in [-0.39, 0.29) is 6.23 Å². The molecule has 1 N–H and O–H groups in total. The lowest BCUT2D eigenvalue weighted by Crippen LogP contribution is -2.35. The summed E-state index contributed by atoms with van der Waals surface area (Å²) in [5, 5.41) is 3.44. The molecule has 0 aromatic heterocycles. The monoisotopic (exact) mass is 344 g/mol. The third-order valence-electron chi connectivity index (χ3n) is 4.73. The molecular weight excluding hydrogens is 320 g/mol. The topological polar surface area (TPSA) is 24.5 Å². The molecule has 1 saturated heterocycles. The quantitative estimate of drug-likeness (QED) is 0.671. The average Bonchev–Trinajstić information content (AvgIpc) is 2.70. The lowest BCUT2D eigenvalue weighted by Gasteiger charge is -2.30. The van der Waals surface area contributed by atoms with E-state index >= 15 is 0 Å². The Morgan fingerprint density at radius 2 is 1.31 bits per heavy atom. The van der Waals surface area contributed by atoms with E-state index in [1.807, 2.05) is 12.1 Å². The summed E-state index contributed by atoms with van der Waals surface area (Å²) in [7, 11) is 0. The van der Waals surface area contributed by atoms with Crippen molar-refractivity contribution in [3.63, 3.8) is 0 Å². The number of nitrogens with one attached hydrogen (secondary N) is 1. The minimum atomic E-state index is -0.0188. The Kier molecular flexibility index (Phi) is 5.00. The minimum Gasteiger partial charge on any atom is -0.356 e. The molecule has 1 heterocycles. The third-order valence-corrected chi connectivity index (χ3v) is 4.73. The van der Waals surface area contributed by atoms with Gasteiger partial charge in [0.15, 0.2) is 0 Å². The molecule has 3 nitrogen and oxygen atoms in total. The van der Waals surface area contributed by atoms with Gasteiger partial charge in [-0.2, -0.15) is 0 Å². The van der Waals surface area contributed by atoms with Crippen LogP contribution < -0.4 is 10.2 Å². The first-order chi connectivity index (χ1) is 12.8. The molecule has 0 spiro atoms. The van der Waals surface area contributed by atoms with Crippen LogP contribution in [0.2, 0.25) is 0 Å². The predicted molar refractivity (Wildman–Crippen MR) is 107 cm³/mol. The molecule has 26 heavy (non-hydrogen) atoms. The van der Waals surface area contributed by atoms with Gasteiger partial charge >= 0.3 is 0 Å². The fourth-order valence-electron chi connectivity index (χ4n) is 3.36.